The highest BCUT2D eigenvalue weighted by atomic mass is 32.1. The minimum atomic E-state index is -0.0780. The number of pyridine rings is 1. The smallest absolute Gasteiger partial charge is 0.265 e. The van der Waals surface area contributed by atoms with Crippen molar-refractivity contribution in [1.82, 2.24) is 4.98 Å². The molecule has 0 aliphatic heterocycles. The standard InChI is InChI=1S/C15H12N2OS/c1-10-9-13(11-5-2-3-6-12(11)16-10)17-15(18)14-7-4-8-19-14/h2-9H,1H3,(H,16,17,18). The number of rotatable bonds is 2. The van der Waals surface area contributed by atoms with E-state index in [2.05, 4.69) is 10.3 Å². The van der Waals surface area contributed by atoms with Crippen LogP contribution < -0.4 is 5.32 Å². The van der Waals surface area contributed by atoms with E-state index in [9.17, 15) is 4.79 Å². The highest BCUT2D eigenvalue weighted by Gasteiger charge is 2.10. The molecule has 4 heteroatoms. The summed E-state index contributed by atoms with van der Waals surface area (Å²) in [4.78, 5) is 17.3. The largest absolute Gasteiger partial charge is 0.321 e. The molecule has 0 aliphatic carbocycles. The number of hydrogen-bond acceptors (Lipinski definition) is 3. The molecule has 94 valence electrons. The van der Waals surface area contributed by atoms with Gasteiger partial charge in [0.1, 0.15) is 0 Å². The molecule has 19 heavy (non-hydrogen) atoms. The molecule has 0 spiro atoms. The lowest BCUT2D eigenvalue weighted by molar-refractivity contribution is 0.103. The Kier molecular flexibility index (Phi) is 3.01. The van der Waals surface area contributed by atoms with Crippen molar-refractivity contribution in [3.8, 4) is 0 Å². The Bertz CT molecular complexity index is 735. The van der Waals surface area contributed by atoms with Gasteiger partial charge < -0.3 is 5.32 Å². The van der Waals surface area contributed by atoms with Crippen LogP contribution in [0.4, 0.5) is 5.69 Å². The van der Waals surface area contributed by atoms with Crippen LogP contribution in [0.15, 0.2) is 47.8 Å². The molecule has 1 aromatic carbocycles. The quantitative estimate of drug-likeness (QED) is 0.767. The lowest BCUT2D eigenvalue weighted by Gasteiger charge is -2.08. The van der Waals surface area contributed by atoms with Gasteiger partial charge in [0, 0.05) is 11.1 Å². The molecule has 1 amide bonds. The van der Waals surface area contributed by atoms with E-state index >= 15 is 0 Å². The maximum Gasteiger partial charge on any atom is 0.265 e. The van der Waals surface area contributed by atoms with Crippen LogP contribution in [0, 0.1) is 6.92 Å². The number of nitrogens with zero attached hydrogens (tertiary/aromatic N) is 1. The van der Waals surface area contributed by atoms with Gasteiger partial charge in [0.2, 0.25) is 0 Å². The van der Waals surface area contributed by atoms with Crippen LogP contribution in [-0.4, -0.2) is 10.9 Å². The molecule has 0 aliphatic rings. The molecule has 3 nitrogen and oxygen atoms in total. The summed E-state index contributed by atoms with van der Waals surface area (Å²) in [5.74, 6) is -0.0780. The number of thiophene rings is 1. The van der Waals surface area contributed by atoms with Crippen molar-refractivity contribution in [3.05, 3.63) is 58.4 Å². The molecule has 0 saturated carbocycles. The first kappa shape index (κ1) is 11.9. The van der Waals surface area contributed by atoms with Crippen molar-refractivity contribution in [2.45, 2.75) is 6.92 Å². The van der Waals surface area contributed by atoms with E-state index in [0.717, 1.165) is 22.3 Å². The van der Waals surface area contributed by atoms with Crippen molar-refractivity contribution in [2.24, 2.45) is 0 Å². The molecule has 0 radical (unpaired) electrons. The molecule has 2 heterocycles. The zero-order valence-corrected chi connectivity index (χ0v) is 11.2. The minimum absolute atomic E-state index is 0.0780. The summed E-state index contributed by atoms with van der Waals surface area (Å²) in [6.07, 6.45) is 0. The van der Waals surface area contributed by atoms with E-state index in [1.165, 1.54) is 11.3 Å². The molecule has 0 unspecified atom stereocenters. The maximum absolute atomic E-state index is 12.1. The minimum Gasteiger partial charge on any atom is -0.321 e. The first-order chi connectivity index (χ1) is 9.24. The van der Waals surface area contributed by atoms with E-state index < -0.39 is 0 Å². The van der Waals surface area contributed by atoms with E-state index in [-0.39, 0.29) is 5.91 Å². The fourth-order valence-corrected chi connectivity index (χ4v) is 2.62. The average molecular weight is 268 g/mol. The van der Waals surface area contributed by atoms with Gasteiger partial charge in [-0.3, -0.25) is 9.78 Å². The average Bonchev–Trinajstić information content (AvgIpc) is 2.92. The number of anilines is 1. The number of carbonyl (C=O) groups excluding carboxylic acids is 1. The second kappa shape index (κ2) is 4.82. The van der Waals surface area contributed by atoms with E-state index in [0.29, 0.717) is 4.88 Å². The zero-order valence-electron chi connectivity index (χ0n) is 10.4. The lowest BCUT2D eigenvalue weighted by atomic mass is 10.1. The Morgan fingerprint density at radius 3 is 2.84 bits per heavy atom. The van der Waals surface area contributed by atoms with E-state index in [4.69, 9.17) is 0 Å². The van der Waals surface area contributed by atoms with Gasteiger partial charge in [0.25, 0.3) is 5.91 Å². The van der Waals surface area contributed by atoms with Crippen LogP contribution >= 0.6 is 11.3 Å². The molecule has 0 atom stereocenters. The topological polar surface area (TPSA) is 42.0 Å². The number of para-hydroxylation sites is 1. The number of fused-ring (bicyclic) bond motifs is 1. The van der Waals surface area contributed by atoms with E-state index in [1.807, 2.05) is 54.8 Å². The third-order valence-corrected chi connectivity index (χ3v) is 3.71. The van der Waals surface area contributed by atoms with Crippen LogP contribution in [0.1, 0.15) is 15.4 Å². The fraction of sp³-hybridized carbons (Fsp3) is 0.0667. The molecule has 0 fully saturated rings. The van der Waals surface area contributed by atoms with Crippen LogP contribution in [0.3, 0.4) is 0 Å². The van der Waals surface area contributed by atoms with Crippen molar-refractivity contribution in [3.63, 3.8) is 0 Å². The summed E-state index contributed by atoms with van der Waals surface area (Å²) in [5, 5.41) is 5.81. The first-order valence-corrected chi connectivity index (χ1v) is 6.83. The summed E-state index contributed by atoms with van der Waals surface area (Å²) in [5.41, 5.74) is 2.59. The molecule has 0 saturated heterocycles. The molecular formula is C15H12N2OS. The van der Waals surface area contributed by atoms with Gasteiger partial charge in [-0.2, -0.15) is 0 Å². The maximum atomic E-state index is 12.1. The fourth-order valence-electron chi connectivity index (χ4n) is 2.00. The Balaban J connectivity index is 2.03. The molecule has 0 bridgehead atoms. The summed E-state index contributed by atoms with van der Waals surface area (Å²) in [7, 11) is 0. The first-order valence-electron chi connectivity index (χ1n) is 5.95. The van der Waals surface area contributed by atoms with Crippen molar-refractivity contribution >= 4 is 33.8 Å². The van der Waals surface area contributed by atoms with Crippen LogP contribution in [0.5, 0.6) is 0 Å². The van der Waals surface area contributed by atoms with Crippen LogP contribution in [0.2, 0.25) is 0 Å². The Hall–Kier alpha value is -2.20. The monoisotopic (exact) mass is 268 g/mol. The van der Waals surface area contributed by atoms with Crippen molar-refractivity contribution in [1.29, 1.82) is 0 Å². The van der Waals surface area contributed by atoms with Crippen molar-refractivity contribution in [2.75, 3.05) is 5.32 Å². The normalized spacial score (nSPS) is 10.6. The van der Waals surface area contributed by atoms with E-state index in [1.54, 1.807) is 0 Å². The van der Waals surface area contributed by atoms with Gasteiger partial charge in [-0.1, -0.05) is 24.3 Å². The Labute approximate surface area is 114 Å². The van der Waals surface area contributed by atoms with Gasteiger partial charge in [0.05, 0.1) is 16.1 Å². The Morgan fingerprint density at radius 1 is 1.21 bits per heavy atom. The van der Waals surface area contributed by atoms with Gasteiger partial charge in [-0.15, -0.1) is 11.3 Å². The van der Waals surface area contributed by atoms with Crippen LogP contribution in [0.25, 0.3) is 10.9 Å². The zero-order chi connectivity index (χ0) is 13.2. The number of nitrogens with one attached hydrogen (secondary N) is 1. The van der Waals surface area contributed by atoms with Crippen LogP contribution in [-0.2, 0) is 0 Å². The summed E-state index contributed by atoms with van der Waals surface area (Å²) < 4.78 is 0. The molecule has 3 rings (SSSR count). The van der Waals surface area contributed by atoms with Crippen molar-refractivity contribution < 1.29 is 4.79 Å². The highest BCUT2D eigenvalue weighted by molar-refractivity contribution is 7.12. The number of carbonyl (C=O) groups is 1. The van der Waals surface area contributed by atoms with Gasteiger partial charge >= 0.3 is 0 Å². The predicted octanol–water partition coefficient (Wildman–Crippen LogP) is 3.86. The van der Waals surface area contributed by atoms with Gasteiger partial charge in [-0.05, 0) is 30.5 Å². The third kappa shape index (κ3) is 2.35. The summed E-state index contributed by atoms with van der Waals surface area (Å²) in [6.45, 7) is 1.92. The number of aromatic nitrogens is 1. The second-order valence-corrected chi connectivity index (χ2v) is 5.21. The van der Waals surface area contributed by atoms with Gasteiger partial charge in [0.15, 0.2) is 0 Å². The molecule has 2 aromatic heterocycles. The lowest BCUT2D eigenvalue weighted by Crippen LogP contribution is -2.10. The molecular weight excluding hydrogens is 256 g/mol. The molecule has 1 N–H and O–H groups in total. The summed E-state index contributed by atoms with van der Waals surface area (Å²) >= 11 is 1.43. The third-order valence-electron chi connectivity index (χ3n) is 2.84. The highest BCUT2D eigenvalue weighted by Crippen LogP contribution is 2.24. The number of hydrogen-bond donors (Lipinski definition) is 1. The predicted molar refractivity (Wildman–Crippen MR) is 78.8 cm³/mol. The Morgan fingerprint density at radius 2 is 2.05 bits per heavy atom. The molecule has 3 aromatic rings. The van der Waals surface area contributed by atoms with Gasteiger partial charge in [-0.25, -0.2) is 0 Å². The second-order valence-electron chi connectivity index (χ2n) is 4.26. The summed E-state index contributed by atoms with van der Waals surface area (Å²) in [6, 6.07) is 13.4. The number of benzene rings is 1. The number of aryl methyl sites for hydroxylation is 1. The number of amides is 1. The SMILES string of the molecule is Cc1cc(NC(=O)c2cccs2)c2ccccc2n1.